The third-order valence-electron chi connectivity index (χ3n) is 2.12. The third-order valence-corrected chi connectivity index (χ3v) is 2.34. The van der Waals surface area contributed by atoms with Gasteiger partial charge < -0.3 is 5.73 Å². The van der Waals surface area contributed by atoms with Gasteiger partial charge in [0.05, 0.1) is 17.6 Å². The van der Waals surface area contributed by atoms with Crippen LogP contribution in [-0.2, 0) is 0 Å². The summed E-state index contributed by atoms with van der Waals surface area (Å²) in [6.07, 6.45) is 1.64. The first-order chi connectivity index (χ1) is 7.15. The Labute approximate surface area is 93.7 Å². The number of pyridine rings is 1. The van der Waals surface area contributed by atoms with Gasteiger partial charge in [-0.05, 0) is 42.8 Å². The Morgan fingerprint density at radius 2 is 2.00 bits per heavy atom. The second kappa shape index (κ2) is 3.91. The van der Waals surface area contributed by atoms with Gasteiger partial charge in [-0.15, -0.1) is 0 Å². The maximum atomic E-state index is 5.98. The molecule has 2 aromatic rings. The van der Waals surface area contributed by atoms with E-state index in [1.165, 1.54) is 0 Å². The van der Waals surface area contributed by atoms with Gasteiger partial charge in [0.2, 0.25) is 0 Å². The number of benzene rings is 1. The monoisotopic (exact) mass is 218 g/mol. The third kappa shape index (κ3) is 2.28. The average molecular weight is 219 g/mol. The van der Waals surface area contributed by atoms with Crippen LogP contribution < -0.4 is 5.73 Å². The topological polar surface area (TPSA) is 38.9 Å². The summed E-state index contributed by atoms with van der Waals surface area (Å²) in [5.41, 5.74) is 9.26. The number of aryl methyl sites for hydroxylation is 1. The summed E-state index contributed by atoms with van der Waals surface area (Å²) >= 11 is 5.98. The number of halogens is 1. The molecule has 1 heterocycles. The summed E-state index contributed by atoms with van der Waals surface area (Å²) in [7, 11) is 0. The molecule has 0 bridgehead atoms. The van der Waals surface area contributed by atoms with Crippen LogP contribution in [-0.4, -0.2) is 4.98 Å². The van der Waals surface area contributed by atoms with Gasteiger partial charge in [0.1, 0.15) is 0 Å². The molecular weight excluding hydrogens is 208 g/mol. The lowest BCUT2D eigenvalue weighted by Gasteiger charge is -2.03. The first-order valence-corrected chi connectivity index (χ1v) is 5.02. The van der Waals surface area contributed by atoms with Gasteiger partial charge in [0.25, 0.3) is 0 Å². The molecule has 0 fully saturated rings. The Hall–Kier alpha value is -1.54. The van der Waals surface area contributed by atoms with Gasteiger partial charge in [-0.2, -0.15) is 0 Å². The van der Waals surface area contributed by atoms with Crippen LogP contribution in [0.2, 0.25) is 5.02 Å². The number of nitrogens with two attached hydrogens (primary N) is 1. The Morgan fingerprint density at radius 3 is 2.60 bits per heavy atom. The zero-order chi connectivity index (χ0) is 10.8. The molecule has 2 nitrogen and oxygen atoms in total. The lowest BCUT2D eigenvalue weighted by molar-refractivity contribution is 1.32. The van der Waals surface area contributed by atoms with Crippen molar-refractivity contribution in [3.05, 3.63) is 47.1 Å². The Morgan fingerprint density at radius 1 is 1.20 bits per heavy atom. The van der Waals surface area contributed by atoms with E-state index >= 15 is 0 Å². The van der Waals surface area contributed by atoms with Crippen LogP contribution in [0, 0.1) is 6.92 Å². The first-order valence-electron chi connectivity index (χ1n) is 4.64. The van der Waals surface area contributed by atoms with Gasteiger partial charge >= 0.3 is 0 Å². The summed E-state index contributed by atoms with van der Waals surface area (Å²) in [5, 5.41) is 0.726. The highest BCUT2D eigenvalue weighted by Crippen LogP contribution is 2.23. The van der Waals surface area contributed by atoms with Gasteiger partial charge in [-0.1, -0.05) is 11.6 Å². The second-order valence-electron chi connectivity index (χ2n) is 3.49. The minimum absolute atomic E-state index is 0.664. The number of nitrogen functional groups attached to an aromatic ring is 1. The van der Waals surface area contributed by atoms with E-state index in [1.807, 2.05) is 37.3 Å². The molecule has 76 valence electrons. The number of hydrogen-bond donors (Lipinski definition) is 1. The molecule has 0 spiro atoms. The summed E-state index contributed by atoms with van der Waals surface area (Å²) in [6, 6.07) is 9.58. The molecule has 0 radical (unpaired) electrons. The van der Waals surface area contributed by atoms with Crippen molar-refractivity contribution in [2.45, 2.75) is 6.92 Å². The fourth-order valence-corrected chi connectivity index (χ4v) is 1.75. The van der Waals surface area contributed by atoms with E-state index in [0.717, 1.165) is 21.8 Å². The van der Waals surface area contributed by atoms with Crippen LogP contribution in [0.3, 0.4) is 0 Å². The standard InChI is InChI=1S/C12H11ClN2/c1-8-4-9(6-10(13)5-8)12-3-2-11(14)7-15-12/h2-7H,14H2,1H3. The van der Waals surface area contributed by atoms with Crippen molar-refractivity contribution in [3.8, 4) is 11.3 Å². The number of anilines is 1. The smallest absolute Gasteiger partial charge is 0.0704 e. The van der Waals surface area contributed by atoms with Crippen LogP contribution in [0.15, 0.2) is 36.5 Å². The van der Waals surface area contributed by atoms with Crippen LogP contribution in [0.5, 0.6) is 0 Å². The molecule has 0 amide bonds. The molecule has 2 N–H and O–H groups in total. The fourth-order valence-electron chi connectivity index (χ4n) is 1.46. The summed E-state index contributed by atoms with van der Waals surface area (Å²) in [4.78, 5) is 4.25. The van der Waals surface area contributed by atoms with Crippen molar-refractivity contribution in [2.75, 3.05) is 5.73 Å². The maximum Gasteiger partial charge on any atom is 0.0704 e. The highest BCUT2D eigenvalue weighted by Gasteiger charge is 2.01. The lowest BCUT2D eigenvalue weighted by Crippen LogP contribution is -1.88. The van der Waals surface area contributed by atoms with Crippen molar-refractivity contribution in [2.24, 2.45) is 0 Å². The fraction of sp³-hybridized carbons (Fsp3) is 0.0833. The van der Waals surface area contributed by atoms with Crippen molar-refractivity contribution < 1.29 is 0 Å². The molecule has 0 unspecified atom stereocenters. The van der Waals surface area contributed by atoms with Gasteiger partial charge in [-0.3, -0.25) is 4.98 Å². The average Bonchev–Trinajstić information content (AvgIpc) is 2.17. The predicted octanol–water partition coefficient (Wildman–Crippen LogP) is 3.29. The molecule has 1 aromatic carbocycles. The van der Waals surface area contributed by atoms with E-state index in [2.05, 4.69) is 4.98 Å². The van der Waals surface area contributed by atoms with Crippen LogP contribution >= 0.6 is 11.6 Å². The minimum Gasteiger partial charge on any atom is -0.397 e. The molecule has 0 aliphatic carbocycles. The van der Waals surface area contributed by atoms with E-state index in [1.54, 1.807) is 6.20 Å². The molecule has 0 aliphatic rings. The van der Waals surface area contributed by atoms with Crippen molar-refractivity contribution in [1.29, 1.82) is 0 Å². The molecule has 0 aliphatic heterocycles. The number of aromatic nitrogens is 1. The largest absolute Gasteiger partial charge is 0.397 e. The second-order valence-corrected chi connectivity index (χ2v) is 3.93. The molecule has 0 atom stereocenters. The van der Waals surface area contributed by atoms with E-state index in [-0.39, 0.29) is 0 Å². The van der Waals surface area contributed by atoms with Crippen molar-refractivity contribution >= 4 is 17.3 Å². The molecular formula is C12H11ClN2. The summed E-state index contributed by atoms with van der Waals surface area (Å²) in [6.45, 7) is 2.01. The van der Waals surface area contributed by atoms with Gasteiger partial charge in [0, 0.05) is 10.6 Å². The van der Waals surface area contributed by atoms with Crippen LogP contribution in [0.4, 0.5) is 5.69 Å². The van der Waals surface area contributed by atoms with E-state index in [9.17, 15) is 0 Å². The molecule has 3 heteroatoms. The highest BCUT2D eigenvalue weighted by molar-refractivity contribution is 6.30. The van der Waals surface area contributed by atoms with Gasteiger partial charge in [-0.25, -0.2) is 0 Å². The first kappa shape index (κ1) is 9.99. The predicted molar refractivity (Wildman–Crippen MR) is 63.8 cm³/mol. The van der Waals surface area contributed by atoms with Crippen LogP contribution in [0.1, 0.15) is 5.56 Å². The Kier molecular flexibility index (Phi) is 2.60. The maximum absolute atomic E-state index is 5.98. The quantitative estimate of drug-likeness (QED) is 0.798. The van der Waals surface area contributed by atoms with E-state index in [0.29, 0.717) is 5.69 Å². The van der Waals surface area contributed by atoms with Gasteiger partial charge in [0.15, 0.2) is 0 Å². The molecule has 0 saturated heterocycles. The minimum atomic E-state index is 0.664. The Balaban J connectivity index is 2.49. The van der Waals surface area contributed by atoms with Crippen LogP contribution in [0.25, 0.3) is 11.3 Å². The zero-order valence-electron chi connectivity index (χ0n) is 8.37. The number of nitrogens with zero attached hydrogens (tertiary/aromatic N) is 1. The lowest BCUT2D eigenvalue weighted by atomic mass is 10.1. The van der Waals surface area contributed by atoms with E-state index in [4.69, 9.17) is 17.3 Å². The van der Waals surface area contributed by atoms with Crippen molar-refractivity contribution in [3.63, 3.8) is 0 Å². The zero-order valence-corrected chi connectivity index (χ0v) is 9.12. The van der Waals surface area contributed by atoms with Crippen molar-refractivity contribution in [1.82, 2.24) is 4.98 Å². The highest BCUT2D eigenvalue weighted by atomic mass is 35.5. The molecule has 2 rings (SSSR count). The molecule has 15 heavy (non-hydrogen) atoms. The normalized spacial score (nSPS) is 10.3. The number of rotatable bonds is 1. The molecule has 1 aromatic heterocycles. The summed E-state index contributed by atoms with van der Waals surface area (Å²) in [5.74, 6) is 0. The molecule has 0 saturated carbocycles. The number of hydrogen-bond acceptors (Lipinski definition) is 2. The Bertz CT molecular complexity index is 457. The summed E-state index contributed by atoms with van der Waals surface area (Å²) < 4.78 is 0. The SMILES string of the molecule is Cc1cc(Cl)cc(-c2ccc(N)cn2)c1. The van der Waals surface area contributed by atoms with E-state index < -0.39 is 0 Å².